The lowest BCUT2D eigenvalue weighted by Crippen LogP contribution is -2.47. The van der Waals surface area contributed by atoms with Gasteiger partial charge in [-0.25, -0.2) is 0 Å². The summed E-state index contributed by atoms with van der Waals surface area (Å²) in [5.41, 5.74) is 0.458. The second-order valence-corrected chi connectivity index (χ2v) is 6.50. The minimum Gasteiger partial charge on any atom is -0.493 e. The molecule has 1 fully saturated rings. The van der Waals surface area contributed by atoms with Crippen LogP contribution in [0.15, 0.2) is 24.3 Å². The number of hydrogen-bond donors (Lipinski definition) is 2. The molecule has 2 aliphatic rings. The van der Waals surface area contributed by atoms with Gasteiger partial charge in [0.1, 0.15) is 5.75 Å². The van der Waals surface area contributed by atoms with Gasteiger partial charge in [0.15, 0.2) is 0 Å². The van der Waals surface area contributed by atoms with E-state index in [2.05, 4.69) is 23.1 Å². The van der Waals surface area contributed by atoms with Gasteiger partial charge in [0.2, 0.25) is 0 Å². The molecule has 0 radical (unpaired) electrons. The van der Waals surface area contributed by atoms with E-state index in [1.807, 2.05) is 6.07 Å². The van der Waals surface area contributed by atoms with E-state index >= 15 is 0 Å². The van der Waals surface area contributed by atoms with Crippen molar-refractivity contribution in [1.82, 2.24) is 4.90 Å². The predicted molar refractivity (Wildman–Crippen MR) is 81.5 cm³/mol. The molecule has 3 rings (SSSR count). The summed E-state index contributed by atoms with van der Waals surface area (Å²) in [7, 11) is 0. The summed E-state index contributed by atoms with van der Waals surface area (Å²) in [6.45, 7) is 3.47. The first-order valence-electron chi connectivity index (χ1n) is 7.95. The Morgan fingerprint density at radius 3 is 2.76 bits per heavy atom. The Morgan fingerprint density at radius 1 is 1.24 bits per heavy atom. The highest BCUT2D eigenvalue weighted by Gasteiger charge is 2.32. The molecule has 0 spiro atoms. The zero-order valence-corrected chi connectivity index (χ0v) is 12.5. The van der Waals surface area contributed by atoms with Crippen molar-refractivity contribution >= 4 is 0 Å². The third-order valence-corrected chi connectivity index (χ3v) is 4.86. The molecule has 21 heavy (non-hydrogen) atoms. The van der Waals surface area contributed by atoms with Gasteiger partial charge >= 0.3 is 0 Å². The van der Waals surface area contributed by atoms with Crippen molar-refractivity contribution in [2.45, 2.75) is 31.3 Å². The van der Waals surface area contributed by atoms with E-state index in [0.29, 0.717) is 18.8 Å². The number of ether oxygens (including phenoxy) is 1. The Morgan fingerprint density at radius 2 is 2.00 bits per heavy atom. The maximum absolute atomic E-state index is 10.1. The fourth-order valence-electron chi connectivity index (χ4n) is 3.39. The molecule has 1 aromatic rings. The van der Waals surface area contributed by atoms with E-state index in [1.165, 1.54) is 5.56 Å². The highest BCUT2D eigenvalue weighted by Crippen LogP contribution is 2.28. The Labute approximate surface area is 126 Å². The summed E-state index contributed by atoms with van der Waals surface area (Å²) in [6, 6.07) is 8.32. The van der Waals surface area contributed by atoms with Crippen LogP contribution in [-0.4, -0.2) is 53.6 Å². The molecule has 1 aromatic carbocycles. The zero-order chi connectivity index (χ0) is 14.7. The van der Waals surface area contributed by atoms with E-state index in [1.54, 1.807) is 0 Å². The third kappa shape index (κ3) is 3.57. The molecule has 4 nitrogen and oxygen atoms in total. The molecule has 0 bridgehead atoms. The lowest BCUT2D eigenvalue weighted by molar-refractivity contribution is -0.0613. The molecular formula is C17H25NO3. The van der Waals surface area contributed by atoms with E-state index in [0.717, 1.165) is 44.8 Å². The first-order valence-corrected chi connectivity index (χ1v) is 7.95. The van der Waals surface area contributed by atoms with Crippen LogP contribution in [0.5, 0.6) is 5.75 Å². The third-order valence-electron chi connectivity index (χ3n) is 4.86. The van der Waals surface area contributed by atoms with Crippen molar-refractivity contribution in [3.8, 4) is 5.75 Å². The molecule has 0 aromatic heterocycles. The van der Waals surface area contributed by atoms with Gasteiger partial charge in [-0.3, -0.25) is 0 Å². The second-order valence-electron chi connectivity index (χ2n) is 6.50. The van der Waals surface area contributed by atoms with E-state index in [-0.39, 0.29) is 6.61 Å². The second kappa shape index (κ2) is 6.34. The molecule has 0 unspecified atom stereocenters. The summed E-state index contributed by atoms with van der Waals surface area (Å²) in [5.74, 6) is 1.64. The number of para-hydroxylation sites is 1. The highest BCUT2D eigenvalue weighted by atomic mass is 16.5. The zero-order valence-electron chi connectivity index (χ0n) is 12.5. The number of nitrogens with zero attached hydrogens (tertiary/aromatic N) is 1. The normalized spacial score (nSPS) is 25.7. The van der Waals surface area contributed by atoms with Crippen molar-refractivity contribution in [3.05, 3.63) is 29.8 Å². The number of aliphatic hydroxyl groups is 2. The molecule has 2 heterocycles. The number of rotatable bonds is 3. The lowest BCUT2D eigenvalue weighted by Gasteiger charge is -2.38. The summed E-state index contributed by atoms with van der Waals surface area (Å²) in [4.78, 5) is 2.42. The topological polar surface area (TPSA) is 52.9 Å². The summed E-state index contributed by atoms with van der Waals surface area (Å²) in [5, 5.41) is 19.3. The molecule has 0 amide bonds. The van der Waals surface area contributed by atoms with Gasteiger partial charge < -0.3 is 19.8 Å². The molecule has 1 atom stereocenters. The SMILES string of the molecule is OCC1(O)CCN(C[C@H]2CCOc3ccccc3C2)CC1. The number of hydrogen-bond acceptors (Lipinski definition) is 4. The molecule has 1 saturated heterocycles. The van der Waals surface area contributed by atoms with Crippen LogP contribution in [0.2, 0.25) is 0 Å². The van der Waals surface area contributed by atoms with Gasteiger partial charge in [0.05, 0.1) is 18.8 Å². The maximum Gasteiger partial charge on any atom is 0.122 e. The minimum absolute atomic E-state index is 0.120. The number of piperidine rings is 1. The van der Waals surface area contributed by atoms with Crippen LogP contribution in [-0.2, 0) is 6.42 Å². The van der Waals surface area contributed by atoms with Gasteiger partial charge in [-0.1, -0.05) is 18.2 Å². The van der Waals surface area contributed by atoms with E-state index < -0.39 is 5.60 Å². The Kier molecular flexibility index (Phi) is 4.48. The smallest absolute Gasteiger partial charge is 0.122 e. The average molecular weight is 291 g/mol. The van der Waals surface area contributed by atoms with Crippen LogP contribution in [0, 0.1) is 5.92 Å². The van der Waals surface area contributed by atoms with Crippen LogP contribution in [0.25, 0.3) is 0 Å². The van der Waals surface area contributed by atoms with E-state index in [4.69, 9.17) is 4.74 Å². The molecule has 0 aliphatic carbocycles. The Bertz CT molecular complexity index is 469. The van der Waals surface area contributed by atoms with Gasteiger partial charge in [0.25, 0.3) is 0 Å². The quantitative estimate of drug-likeness (QED) is 0.885. The van der Waals surface area contributed by atoms with Gasteiger partial charge in [0, 0.05) is 19.6 Å². The molecular weight excluding hydrogens is 266 g/mol. The Hall–Kier alpha value is -1.10. The molecule has 2 N–H and O–H groups in total. The molecule has 4 heteroatoms. The largest absolute Gasteiger partial charge is 0.493 e. The standard InChI is InChI=1S/C17H25NO3/c19-13-17(20)6-8-18(9-7-17)12-14-5-10-21-16-4-2-1-3-15(16)11-14/h1-4,14,19-20H,5-13H2/t14-/m0/s1. The number of benzene rings is 1. The van der Waals surface area contributed by atoms with Crippen LogP contribution < -0.4 is 4.74 Å². The first kappa shape index (κ1) is 14.8. The van der Waals surface area contributed by atoms with Crippen LogP contribution in [0.4, 0.5) is 0 Å². The highest BCUT2D eigenvalue weighted by molar-refractivity contribution is 5.34. The number of aliphatic hydroxyl groups excluding tert-OH is 1. The fraction of sp³-hybridized carbons (Fsp3) is 0.647. The van der Waals surface area contributed by atoms with E-state index in [9.17, 15) is 10.2 Å². The monoisotopic (exact) mass is 291 g/mol. The number of fused-ring (bicyclic) bond motifs is 1. The van der Waals surface area contributed by atoms with Gasteiger partial charge in [-0.05, 0) is 43.2 Å². The fourth-order valence-corrected chi connectivity index (χ4v) is 3.39. The van der Waals surface area contributed by atoms with Crippen molar-refractivity contribution in [3.63, 3.8) is 0 Å². The van der Waals surface area contributed by atoms with Crippen molar-refractivity contribution in [2.24, 2.45) is 5.92 Å². The summed E-state index contributed by atoms with van der Waals surface area (Å²) in [6.07, 6.45) is 3.49. The average Bonchev–Trinajstić information content (AvgIpc) is 2.71. The number of likely N-dealkylation sites (tertiary alicyclic amines) is 1. The van der Waals surface area contributed by atoms with Gasteiger partial charge in [-0.2, -0.15) is 0 Å². The maximum atomic E-state index is 10.1. The molecule has 0 saturated carbocycles. The van der Waals surface area contributed by atoms with Gasteiger partial charge in [-0.15, -0.1) is 0 Å². The Balaban J connectivity index is 1.57. The summed E-state index contributed by atoms with van der Waals surface area (Å²) < 4.78 is 5.83. The van der Waals surface area contributed by atoms with Crippen LogP contribution in [0.3, 0.4) is 0 Å². The van der Waals surface area contributed by atoms with Crippen LogP contribution >= 0.6 is 0 Å². The van der Waals surface area contributed by atoms with Crippen molar-refractivity contribution in [1.29, 1.82) is 0 Å². The van der Waals surface area contributed by atoms with Crippen molar-refractivity contribution in [2.75, 3.05) is 32.8 Å². The van der Waals surface area contributed by atoms with Crippen LogP contribution in [0.1, 0.15) is 24.8 Å². The first-order chi connectivity index (χ1) is 10.2. The summed E-state index contributed by atoms with van der Waals surface area (Å²) >= 11 is 0. The molecule has 116 valence electrons. The predicted octanol–water partition coefficient (Wildman–Crippen LogP) is 1.45. The lowest BCUT2D eigenvalue weighted by atomic mass is 9.90. The molecule has 2 aliphatic heterocycles. The minimum atomic E-state index is -0.852. The van der Waals surface area contributed by atoms with Crippen molar-refractivity contribution < 1.29 is 14.9 Å².